The average Bonchev–Trinajstić information content (AvgIpc) is 2.84. The number of hydrogen-bond donors (Lipinski definition) is 2. The third-order valence-corrected chi connectivity index (χ3v) is 8.45. The number of benzene rings is 2. The van der Waals surface area contributed by atoms with Gasteiger partial charge in [0.2, 0.25) is 0 Å². The summed E-state index contributed by atoms with van der Waals surface area (Å²) in [5.74, 6) is 0.672. The molecule has 0 bridgehead atoms. The molecule has 2 aromatic carbocycles. The SMILES string of the molecule is NC(=O)N(C1Cc2ccc(C(F)(F)F)cc2N(Cc2ccccc2)C1)C1CCCC2CCC(O)CC21. The lowest BCUT2D eigenvalue weighted by Gasteiger charge is -2.50. The van der Waals surface area contributed by atoms with E-state index in [1.165, 1.54) is 6.07 Å². The van der Waals surface area contributed by atoms with E-state index in [4.69, 9.17) is 5.73 Å². The van der Waals surface area contributed by atoms with Gasteiger partial charge in [0, 0.05) is 24.8 Å². The highest BCUT2D eigenvalue weighted by molar-refractivity contribution is 5.73. The molecule has 1 heterocycles. The Morgan fingerprint density at radius 2 is 1.86 bits per heavy atom. The van der Waals surface area contributed by atoms with E-state index >= 15 is 0 Å². The van der Waals surface area contributed by atoms with E-state index in [2.05, 4.69) is 0 Å². The highest BCUT2D eigenvalue weighted by atomic mass is 19.4. The molecule has 5 atom stereocenters. The molecule has 3 aliphatic rings. The van der Waals surface area contributed by atoms with Crippen molar-refractivity contribution >= 4 is 11.7 Å². The van der Waals surface area contributed by atoms with Crippen LogP contribution in [-0.4, -0.2) is 40.8 Å². The third-order valence-electron chi connectivity index (χ3n) is 8.45. The van der Waals surface area contributed by atoms with Crippen LogP contribution in [0.15, 0.2) is 48.5 Å². The topological polar surface area (TPSA) is 69.8 Å². The normalized spacial score (nSPS) is 28.2. The van der Waals surface area contributed by atoms with Crippen LogP contribution in [0.5, 0.6) is 0 Å². The Hall–Kier alpha value is -2.74. The Morgan fingerprint density at radius 1 is 1.08 bits per heavy atom. The minimum atomic E-state index is -4.43. The van der Waals surface area contributed by atoms with Crippen LogP contribution >= 0.6 is 0 Å². The molecule has 2 aromatic rings. The first-order chi connectivity index (χ1) is 17.2. The van der Waals surface area contributed by atoms with Crippen molar-refractivity contribution in [2.75, 3.05) is 11.4 Å². The quantitative estimate of drug-likeness (QED) is 0.594. The molecule has 8 heteroatoms. The van der Waals surface area contributed by atoms with Crippen LogP contribution in [0.4, 0.5) is 23.7 Å². The fourth-order valence-corrected chi connectivity index (χ4v) is 6.86. The Labute approximate surface area is 210 Å². The molecule has 194 valence electrons. The van der Waals surface area contributed by atoms with Gasteiger partial charge in [0.25, 0.3) is 0 Å². The van der Waals surface area contributed by atoms with Crippen LogP contribution in [-0.2, 0) is 19.1 Å². The Kier molecular flexibility index (Phi) is 6.90. The van der Waals surface area contributed by atoms with Gasteiger partial charge in [-0.3, -0.25) is 0 Å². The largest absolute Gasteiger partial charge is 0.416 e. The number of amides is 2. The maximum absolute atomic E-state index is 13.5. The predicted octanol–water partition coefficient (Wildman–Crippen LogP) is 5.35. The number of halogens is 3. The van der Waals surface area contributed by atoms with Crippen molar-refractivity contribution in [1.82, 2.24) is 4.90 Å². The molecule has 2 fully saturated rings. The molecule has 0 saturated heterocycles. The van der Waals surface area contributed by atoms with Crippen LogP contribution in [0.2, 0.25) is 0 Å². The molecule has 2 amide bonds. The van der Waals surface area contributed by atoms with E-state index in [0.29, 0.717) is 37.5 Å². The number of nitrogens with zero attached hydrogens (tertiary/aromatic N) is 2. The van der Waals surface area contributed by atoms with Crippen molar-refractivity contribution in [3.05, 3.63) is 65.2 Å². The van der Waals surface area contributed by atoms with Gasteiger partial charge in [-0.1, -0.05) is 49.2 Å². The summed E-state index contributed by atoms with van der Waals surface area (Å²) in [6, 6.07) is 12.8. The number of aliphatic hydroxyl groups excluding tert-OH is 1. The highest BCUT2D eigenvalue weighted by Crippen LogP contribution is 2.44. The van der Waals surface area contributed by atoms with E-state index in [1.807, 2.05) is 40.1 Å². The first-order valence-corrected chi connectivity index (χ1v) is 13.0. The van der Waals surface area contributed by atoms with Gasteiger partial charge >= 0.3 is 12.2 Å². The second-order valence-corrected chi connectivity index (χ2v) is 10.7. The number of anilines is 1. The van der Waals surface area contributed by atoms with Crippen LogP contribution in [0.25, 0.3) is 0 Å². The van der Waals surface area contributed by atoms with E-state index in [9.17, 15) is 23.1 Å². The molecule has 0 radical (unpaired) electrons. The van der Waals surface area contributed by atoms with Crippen LogP contribution in [0.3, 0.4) is 0 Å². The average molecular weight is 502 g/mol. The zero-order valence-corrected chi connectivity index (χ0v) is 20.3. The molecule has 2 saturated carbocycles. The number of urea groups is 1. The van der Waals surface area contributed by atoms with E-state index < -0.39 is 17.8 Å². The Bertz CT molecular complexity index is 1080. The smallest absolute Gasteiger partial charge is 0.393 e. The number of aliphatic hydroxyl groups is 1. The number of hydrogen-bond acceptors (Lipinski definition) is 3. The highest BCUT2D eigenvalue weighted by Gasteiger charge is 2.44. The number of fused-ring (bicyclic) bond motifs is 2. The maximum Gasteiger partial charge on any atom is 0.416 e. The lowest BCUT2D eigenvalue weighted by molar-refractivity contribution is -0.137. The summed E-state index contributed by atoms with van der Waals surface area (Å²) in [5, 5.41) is 10.4. The van der Waals surface area contributed by atoms with Crippen LogP contribution < -0.4 is 10.6 Å². The Morgan fingerprint density at radius 3 is 2.58 bits per heavy atom. The summed E-state index contributed by atoms with van der Waals surface area (Å²) in [7, 11) is 0. The summed E-state index contributed by atoms with van der Waals surface area (Å²) in [6.45, 7) is 0.844. The molecule has 0 aromatic heterocycles. The van der Waals surface area contributed by atoms with Crippen molar-refractivity contribution < 1.29 is 23.1 Å². The number of nitrogens with two attached hydrogens (primary N) is 1. The number of carbonyl (C=O) groups is 1. The van der Waals surface area contributed by atoms with Crippen LogP contribution in [0, 0.1) is 11.8 Å². The number of carbonyl (C=O) groups excluding carboxylic acids is 1. The summed E-state index contributed by atoms with van der Waals surface area (Å²) in [6.07, 6.45) is 1.06. The van der Waals surface area contributed by atoms with Crippen molar-refractivity contribution in [2.45, 2.75) is 75.9 Å². The van der Waals surface area contributed by atoms with Gasteiger partial charge in [0.15, 0.2) is 0 Å². The zero-order valence-electron chi connectivity index (χ0n) is 20.3. The number of rotatable bonds is 4. The number of primary amides is 1. The lowest BCUT2D eigenvalue weighted by atomic mass is 9.67. The summed E-state index contributed by atoms with van der Waals surface area (Å²) >= 11 is 0. The van der Waals surface area contributed by atoms with Crippen molar-refractivity contribution in [3.8, 4) is 0 Å². The summed E-state index contributed by atoms with van der Waals surface area (Å²) in [4.78, 5) is 16.7. The molecule has 36 heavy (non-hydrogen) atoms. The van der Waals surface area contributed by atoms with E-state index in [1.54, 1.807) is 6.07 Å². The van der Waals surface area contributed by atoms with Gasteiger partial charge in [0.05, 0.1) is 17.7 Å². The summed E-state index contributed by atoms with van der Waals surface area (Å²) in [5.41, 5.74) is 7.68. The molecule has 5 nitrogen and oxygen atoms in total. The van der Waals surface area contributed by atoms with Gasteiger partial charge in [-0.15, -0.1) is 0 Å². The van der Waals surface area contributed by atoms with Gasteiger partial charge in [-0.2, -0.15) is 13.2 Å². The van der Waals surface area contributed by atoms with Crippen LogP contribution in [0.1, 0.15) is 55.2 Å². The maximum atomic E-state index is 13.5. The molecular formula is C28H34F3N3O2. The van der Waals surface area contributed by atoms with Crippen molar-refractivity contribution in [1.29, 1.82) is 0 Å². The molecule has 2 aliphatic carbocycles. The van der Waals surface area contributed by atoms with Gasteiger partial charge in [0.1, 0.15) is 0 Å². The molecule has 5 unspecified atom stereocenters. The third kappa shape index (κ3) is 5.05. The zero-order chi connectivity index (χ0) is 25.4. The van der Waals surface area contributed by atoms with Gasteiger partial charge in [-0.25, -0.2) is 4.79 Å². The second kappa shape index (κ2) is 9.96. The molecule has 3 N–H and O–H groups in total. The first kappa shape index (κ1) is 24.9. The minimum absolute atomic E-state index is 0.0595. The summed E-state index contributed by atoms with van der Waals surface area (Å²) < 4.78 is 40.6. The predicted molar refractivity (Wildman–Crippen MR) is 132 cm³/mol. The second-order valence-electron chi connectivity index (χ2n) is 10.7. The minimum Gasteiger partial charge on any atom is -0.393 e. The fourth-order valence-electron chi connectivity index (χ4n) is 6.86. The van der Waals surface area contributed by atoms with Gasteiger partial charge < -0.3 is 20.6 Å². The van der Waals surface area contributed by atoms with E-state index in [-0.39, 0.29) is 24.1 Å². The van der Waals surface area contributed by atoms with Gasteiger partial charge in [-0.05, 0) is 67.2 Å². The monoisotopic (exact) mass is 501 g/mol. The number of alkyl halides is 3. The molecular weight excluding hydrogens is 467 g/mol. The molecule has 1 aliphatic heterocycles. The lowest BCUT2D eigenvalue weighted by Crippen LogP contribution is -2.60. The standard InChI is InChI=1S/C28H34F3N3O2/c29-28(30,31)21-11-9-20-13-22(17-33(26(20)14-21)16-18-5-2-1-3-6-18)34(27(32)36)25-8-4-7-19-10-12-23(35)15-24(19)25/h1-3,5-6,9,11,14,19,22-25,35H,4,7-8,10,12-13,15-17H2,(H2,32,36). The molecule has 5 rings (SSSR count). The first-order valence-electron chi connectivity index (χ1n) is 13.0. The van der Waals surface area contributed by atoms with Crippen molar-refractivity contribution in [3.63, 3.8) is 0 Å². The van der Waals surface area contributed by atoms with E-state index in [0.717, 1.165) is 49.3 Å². The fraction of sp³-hybridized carbons (Fsp3) is 0.536. The Balaban J connectivity index is 1.49. The molecule has 0 spiro atoms. The van der Waals surface area contributed by atoms with Crippen molar-refractivity contribution in [2.24, 2.45) is 17.6 Å².